The Balaban J connectivity index is 1.99. The highest BCUT2D eigenvalue weighted by atomic mass is 19.4. The monoisotopic (exact) mass is 327 g/mol. The van der Waals surface area contributed by atoms with Crippen molar-refractivity contribution in [2.24, 2.45) is 0 Å². The standard InChI is InChI=1S/C15H20F3N5/c1-4-14-19-5-6-23(14)9-11(3)20-8-13-21-10(2)7-12(22-13)15(16,17)18/h5-7,11,20H,4,8-9H2,1-3H3. The van der Waals surface area contributed by atoms with Crippen molar-refractivity contribution in [2.75, 3.05) is 0 Å². The fourth-order valence-corrected chi connectivity index (χ4v) is 2.30. The zero-order chi connectivity index (χ0) is 17.0. The van der Waals surface area contributed by atoms with Crippen LogP contribution in [0.2, 0.25) is 0 Å². The number of hydrogen-bond acceptors (Lipinski definition) is 4. The van der Waals surface area contributed by atoms with Crippen LogP contribution >= 0.6 is 0 Å². The van der Waals surface area contributed by atoms with Crippen LogP contribution in [-0.2, 0) is 25.7 Å². The second-order valence-corrected chi connectivity index (χ2v) is 5.44. The van der Waals surface area contributed by atoms with Gasteiger partial charge in [-0.15, -0.1) is 0 Å². The molecule has 0 aromatic carbocycles. The highest BCUT2D eigenvalue weighted by Crippen LogP contribution is 2.27. The molecule has 0 saturated heterocycles. The minimum absolute atomic E-state index is 0.0490. The molecule has 2 aromatic heterocycles. The summed E-state index contributed by atoms with van der Waals surface area (Å²) in [6.07, 6.45) is 0.00330. The summed E-state index contributed by atoms with van der Waals surface area (Å²) in [6.45, 7) is 6.38. The van der Waals surface area contributed by atoms with Gasteiger partial charge in [0.25, 0.3) is 0 Å². The molecule has 5 nitrogen and oxygen atoms in total. The summed E-state index contributed by atoms with van der Waals surface area (Å²) in [5.74, 6) is 1.12. The Morgan fingerprint density at radius 1 is 1.30 bits per heavy atom. The zero-order valence-corrected chi connectivity index (χ0v) is 13.4. The molecule has 23 heavy (non-hydrogen) atoms. The van der Waals surface area contributed by atoms with Crippen molar-refractivity contribution in [2.45, 2.75) is 52.5 Å². The fraction of sp³-hybridized carbons (Fsp3) is 0.533. The molecule has 0 radical (unpaired) electrons. The van der Waals surface area contributed by atoms with E-state index >= 15 is 0 Å². The van der Waals surface area contributed by atoms with E-state index in [-0.39, 0.29) is 18.4 Å². The highest BCUT2D eigenvalue weighted by molar-refractivity contribution is 5.13. The Morgan fingerprint density at radius 2 is 2.04 bits per heavy atom. The number of aryl methyl sites for hydroxylation is 2. The van der Waals surface area contributed by atoms with Gasteiger partial charge in [0.2, 0.25) is 0 Å². The lowest BCUT2D eigenvalue weighted by atomic mass is 10.3. The molecular weight excluding hydrogens is 307 g/mol. The summed E-state index contributed by atoms with van der Waals surface area (Å²) in [5.41, 5.74) is -0.600. The van der Waals surface area contributed by atoms with E-state index in [0.29, 0.717) is 12.2 Å². The average Bonchev–Trinajstić information content (AvgIpc) is 2.91. The predicted octanol–water partition coefficient (Wildman–Crippen LogP) is 2.74. The molecule has 0 aliphatic heterocycles. The van der Waals surface area contributed by atoms with Crippen molar-refractivity contribution in [3.63, 3.8) is 0 Å². The predicted molar refractivity (Wildman–Crippen MR) is 79.7 cm³/mol. The molecule has 126 valence electrons. The Kier molecular flexibility index (Phi) is 5.35. The van der Waals surface area contributed by atoms with Gasteiger partial charge in [0, 0.05) is 37.1 Å². The Bertz CT molecular complexity index is 651. The van der Waals surface area contributed by atoms with Gasteiger partial charge < -0.3 is 9.88 Å². The molecule has 0 spiro atoms. The first-order valence-corrected chi connectivity index (χ1v) is 7.44. The molecule has 2 rings (SSSR count). The lowest BCUT2D eigenvalue weighted by molar-refractivity contribution is -0.141. The third-order valence-corrected chi connectivity index (χ3v) is 3.39. The number of halogens is 3. The molecule has 0 saturated carbocycles. The summed E-state index contributed by atoms with van der Waals surface area (Å²) in [6, 6.07) is 0.999. The third kappa shape index (κ3) is 4.75. The van der Waals surface area contributed by atoms with E-state index in [9.17, 15) is 13.2 Å². The van der Waals surface area contributed by atoms with Gasteiger partial charge >= 0.3 is 6.18 Å². The van der Waals surface area contributed by atoms with Gasteiger partial charge in [-0.25, -0.2) is 15.0 Å². The van der Waals surface area contributed by atoms with Crippen molar-refractivity contribution in [1.82, 2.24) is 24.8 Å². The summed E-state index contributed by atoms with van der Waals surface area (Å²) in [4.78, 5) is 11.9. The van der Waals surface area contributed by atoms with Gasteiger partial charge in [0.05, 0.1) is 6.54 Å². The van der Waals surface area contributed by atoms with Crippen LogP contribution in [-0.4, -0.2) is 25.6 Å². The van der Waals surface area contributed by atoms with Gasteiger partial charge in [0.1, 0.15) is 17.3 Å². The molecule has 1 atom stereocenters. The Labute approximate surface area is 133 Å². The van der Waals surface area contributed by atoms with Gasteiger partial charge in [-0.1, -0.05) is 6.92 Å². The van der Waals surface area contributed by atoms with E-state index in [2.05, 4.69) is 20.3 Å². The van der Waals surface area contributed by atoms with Crippen molar-refractivity contribution in [1.29, 1.82) is 0 Å². The average molecular weight is 327 g/mol. The van der Waals surface area contributed by atoms with Crippen LogP contribution in [0.3, 0.4) is 0 Å². The molecule has 0 aliphatic carbocycles. The van der Waals surface area contributed by atoms with Crippen LogP contribution in [0.15, 0.2) is 18.5 Å². The molecule has 0 bridgehead atoms. The molecule has 0 aliphatic rings. The van der Waals surface area contributed by atoms with Gasteiger partial charge in [-0.05, 0) is 19.9 Å². The number of imidazole rings is 1. The Morgan fingerprint density at radius 3 is 2.70 bits per heavy atom. The van der Waals surface area contributed by atoms with Crippen molar-refractivity contribution in [3.05, 3.63) is 41.5 Å². The van der Waals surface area contributed by atoms with E-state index in [1.54, 1.807) is 6.20 Å². The quantitative estimate of drug-likeness (QED) is 0.886. The second kappa shape index (κ2) is 7.08. The maximum Gasteiger partial charge on any atom is 0.433 e. The van der Waals surface area contributed by atoms with E-state index < -0.39 is 11.9 Å². The van der Waals surface area contributed by atoms with Crippen LogP contribution in [0.4, 0.5) is 13.2 Å². The van der Waals surface area contributed by atoms with E-state index in [0.717, 1.165) is 18.3 Å². The minimum Gasteiger partial charge on any atom is -0.333 e. The van der Waals surface area contributed by atoms with Crippen LogP contribution in [0, 0.1) is 6.92 Å². The first-order valence-electron chi connectivity index (χ1n) is 7.44. The van der Waals surface area contributed by atoms with E-state index in [1.165, 1.54) is 6.92 Å². The SMILES string of the molecule is CCc1nccn1CC(C)NCc1nc(C)cc(C(F)(F)F)n1. The van der Waals surface area contributed by atoms with Gasteiger partial charge in [-0.3, -0.25) is 0 Å². The molecular formula is C15H20F3N5. The molecule has 1 unspecified atom stereocenters. The number of hydrogen-bond donors (Lipinski definition) is 1. The normalized spacial score (nSPS) is 13.3. The number of alkyl halides is 3. The first-order chi connectivity index (χ1) is 10.8. The summed E-state index contributed by atoms with van der Waals surface area (Å²) in [5, 5.41) is 3.15. The maximum absolute atomic E-state index is 12.8. The molecule has 2 heterocycles. The summed E-state index contributed by atoms with van der Waals surface area (Å²) < 4.78 is 40.3. The topological polar surface area (TPSA) is 55.6 Å². The van der Waals surface area contributed by atoms with Crippen molar-refractivity contribution < 1.29 is 13.2 Å². The van der Waals surface area contributed by atoms with E-state index in [1.807, 2.05) is 24.6 Å². The third-order valence-electron chi connectivity index (χ3n) is 3.39. The number of rotatable bonds is 6. The molecule has 8 heteroatoms. The molecule has 0 amide bonds. The molecule has 1 N–H and O–H groups in total. The van der Waals surface area contributed by atoms with Crippen LogP contribution in [0.1, 0.15) is 36.9 Å². The summed E-state index contributed by atoms with van der Waals surface area (Å²) >= 11 is 0. The summed E-state index contributed by atoms with van der Waals surface area (Å²) in [7, 11) is 0. The Hall–Kier alpha value is -1.96. The van der Waals surface area contributed by atoms with Crippen molar-refractivity contribution >= 4 is 0 Å². The van der Waals surface area contributed by atoms with Gasteiger partial charge in [-0.2, -0.15) is 13.2 Å². The van der Waals surface area contributed by atoms with Crippen LogP contribution in [0.5, 0.6) is 0 Å². The number of nitrogens with one attached hydrogen (secondary N) is 1. The maximum atomic E-state index is 12.8. The minimum atomic E-state index is -4.46. The number of nitrogens with zero attached hydrogens (tertiary/aromatic N) is 4. The van der Waals surface area contributed by atoms with Crippen molar-refractivity contribution in [3.8, 4) is 0 Å². The van der Waals surface area contributed by atoms with E-state index in [4.69, 9.17) is 0 Å². The lowest BCUT2D eigenvalue weighted by Crippen LogP contribution is -2.31. The van der Waals surface area contributed by atoms with Gasteiger partial charge in [0.15, 0.2) is 0 Å². The van der Waals surface area contributed by atoms with Crippen LogP contribution in [0.25, 0.3) is 0 Å². The largest absolute Gasteiger partial charge is 0.433 e. The highest BCUT2D eigenvalue weighted by Gasteiger charge is 2.33. The lowest BCUT2D eigenvalue weighted by Gasteiger charge is -2.16. The molecule has 2 aromatic rings. The fourth-order valence-electron chi connectivity index (χ4n) is 2.30. The molecule has 0 fully saturated rings. The number of aromatic nitrogens is 4. The van der Waals surface area contributed by atoms with Crippen LogP contribution < -0.4 is 5.32 Å². The first kappa shape index (κ1) is 17.4. The second-order valence-electron chi connectivity index (χ2n) is 5.44. The smallest absolute Gasteiger partial charge is 0.333 e. The zero-order valence-electron chi connectivity index (χ0n) is 13.4.